The van der Waals surface area contributed by atoms with Crippen molar-refractivity contribution in [1.82, 2.24) is 19.9 Å². The Hall–Kier alpha value is -5.32. The van der Waals surface area contributed by atoms with E-state index in [2.05, 4.69) is 30.6 Å². The maximum absolute atomic E-state index is 12.3. The minimum Gasteiger partial charge on any atom is -0.346 e. The molecule has 0 aliphatic heterocycles. The molecular formula is C32H32N8O2. The quantitative estimate of drug-likeness (QED) is 0.153. The third-order valence-corrected chi connectivity index (χ3v) is 6.81. The number of hydrogen-bond acceptors (Lipinski definition) is 6. The Morgan fingerprint density at radius 3 is 1.36 bits per heavy atom. The van der Waals surface area contributed by atoms with E-state index in [1.165, 1.54) is 0 Å². The van der Waals surface area contributed by atoms with Crippen molar-refractivity contribution >= 4 is 45.3 Å². The number of nitrogens with two attached hydrogens (primary N) is 2. The smallest absolute Gasteiger partial charge is 0.255 e. The fraction of sp³-hybridized carbons (Fsp3) is 0.125. The van der Waals surface area contributed by atoms with Gasteiger partial charge in [0, 0.05) is 58.8 Å². The predicted octanol–water partition coefficient (Wildman–Crippen LogP) is 5.67. The van der Waals surface area contributed by atoms with Gasteiger partial charge in [0.2, 0.25) is 0 Å². The van der Waals surface area contributed by atoms with Crippen molar-refractivity contribution in [3.05, 3.63) is 120 Å². The second kappa shape index (κ2) is 12.5. The zero-order valence-corrected chi connectivity index (χ0v) is 23.3. The highest BCUT2D eigenvalue weighted by atomic mass is 16.2. The topological polar surface area (TPSA) is 168 Å². The molecule has 0 bridgehead atoms. The van der Waals surface area contributed by atoms with Gasteiger partial charge in [-0.25, -0.2) is 9.97 Å². The second-order valence-corrected chi connectivity index (χ2v) is 9.93. The number of fused-ring (bicyclic) bond motifs is 2. The fourth-order valence-electron chi connectivity index (χ4n) is 4.40. The average Bonchev–Trinajstić information content (AvgIpc) is 3.69. The van der Waals surface area contributed by atoms with Gasteiger partial charge in [-0.1, -0.05) is 24.3 Å². The molecular weight excluding hydrogens is 528 g/mol. The Bertz CT molecular complexity index is 1680. The first-order valence-electron chi connectivity index (χ1n) is 13.5. The number of aromatic amines is 2. The van der Waals surface area contributed by atoms with E-state index in [1.54, 1.807) is 61.2 Å². The number of carbonyl (C=O) groups is 2. The SMILES string of the molecule is C[C@@H](N)c1ccc(C(=O)Nc2ccnc3[nH]ccc23)cc1.C[C@@H](N)c1ccc(C(=O)Nc2ccnc3[nH]ccc23)cc1. The number of rotatable bonds is 6. The van der Waals surface area contributed by atoms with E-state index in [1.807, 2.05) is 50.2 Å². The molecule has 2 aromatic carbocycles. The van der Waals surface area contributed by atoms with E-state index in [9.17, 15) is 9.59 Å². The monoisotopic (exact) mass is 560 g/mol. The Morgan fingerprint density at radius 2 is 1.00 bits per heavy atom. The third-order valence-electron chi connectivity index (χ3n) is 6.81. The number of pyridine rings is 2. The summed E-state index contributed by atoms with van der Waals surface area (Å²) in [5.74, 6) is -0.306. The highest BCUT2D eigenvalue weighted by Crippen LogP contribution is 2.22. The molecule has 0 saturated carbocycles. The molecule has 0 unspecified atom stereocenters. The number of nitrogens with zero attached hydrogens (tertiary/aromatic N) is 2. The summed E-state index contributed by atoms with van der Waals surface area (Å²) in [7, 11) is 0. The zero-order chi connectivity index (χ0) is 29.6. The van der Waals surface area contributed by atoms with Crippen LogP contribution in [0.15, 0.2) is 97.6 Å². The lowest BCUT2D eigenvalue weighted by molar-refractivity contribution is 0.101. The van der Waals surface area contributed by atoms with Crippen molar-refractivity contribution in [3.63, 3.8) is 0 Å². The van der Waals surface area contributed by atoms with E-state index < -0.39 is 0 Å². The molecule has 212 valence electrons. The lowest BCUT2D eigenvalue weighted by Crippen LogP contribution is -2.12. The predicted molar refractivity (Wildman–Crippen MR) is 166 cm³/mol. The number of hydrogen-bond donors (Lipinski definition) is 6. The van der Waals surface area contributed by atoms with Gasteiger partial charge in [-0.2, -0.15) is 0 Å². The summed E-state index contributed by atoms with van der Waals surface area (Å²) in [6.45, 7) is 3.82. The summed E-state index contributed by atoms with van der Waals surface area (Å²) >= 11 is 0. The van der Waals surface area contributed by atoms with Gasteiger partial charge in [0.25, 0.3) is 11.8 Å². The maximum Gasteiger partial charge on any atom is 0.255 e. The second-order valence-electron chi connectivity index (χ2n) is 9.93. The molecule has 0 spiro atoms. The number of aromatic nitrogens is 4. The van der Waals surface area contributed by atoms with Crippen LogP contribution in [0.2, 0.25) is 0 Å². The summed E-state index contributed by atoms with van der Waals surface area (Å²) in [5, 5.41) is 7.59. The third kappa shape index (κ3) is 6.35. The van der Waals surface area contributed by atoms with Crippen LogP contribution < -0.4 is 22.1 Å². The average molecular weight is 561 g/mol. The first-order valence-corrected chi connectivity index (χ1v) is 13.5. The molecule has 10 nitrogen and oxygen atoms in total. The Kier molecular flexibility index (Phi) is 8.37. The number of H-pyrrole nitrogens is 2. The van der Waals surface area contributed by atoms with E-state index in [-0.39, 0.29) is 23.9 Å². The van der Waals surface area contributed by atoms with Gasteiger partial charge in [-0.15, -0.1) is 0 Å². The van der Waals surface area contributed by atoms with Crippen LogP contribution in [0.25, 0.3) is 22.1 Å². The molecule has 2 atom stereocenters. The first kappa shape index (κ1) is 28.2. The molecule has 2 amide bonds. The lowest BCUT2D eigenvalue weighted by atomic mass is 10.1. The van der Waals surface area contributed by atoms with Crippen LogP contribution in [0.4, 0.5) is 11.4 Å². The Morgan fingerprint density at radius 1 is 0.619 bits per heavy atom. The number of anilines is 2. The number of carbonyl (C=O) groups excluding carboxylic acids is 2. The zero-order valence-electron chi connectivity index (χ0n) is 23.3. The van der Waals surface area contributed by atoms with Crippen molar-refractivity contribution < 1.29 is 9.59 Å². The Balaban J connectivity index is 0.000000168. The molecule has 0 aliphatic rings. The molecule has 4 aromatic heterocycles. The molecule has 0 aliphatic carbocycles. The standard InChI is InChI=1S/2C16H16N4O/c2*1-10(17)11-2-4-12(5-3-11)16(21)20-14-7-9-19-15-13(14)6-8-18-15/h2*2-10H,17H2,1H3,(H2,18,19,20,21)/t2*10-/m11/s1. The molecule has 8 N–H and O–H groups in total. The van der Waals surface area contributed by atoms with Crippen LogP contribution in [-0.2, 0) is 0 Å². The van der Waals surface area contributed by atoms with Gasteiger partial charge in [-0.3, -0.25) is 9.59 Å². The van der Waals surface area contributed by atoms with Crippen LogP contribution in [0.3, 0.4) is 0 Å². The van der Waals surface area contributed by atoms with Crippen molar-refractivity contribution in [2.45, 2.75) is 25.9 Å². The largest absolute Gasteiger partial charge is 0.346 e. The lowest BCUT2D eigenvalue weighted by Gasteiger charge is -2.08. The van der Waals surface area contributed by atoms with Crippen LogP contribution in [0.1, 0.15) is 57.8 Å². The molecule has 0 saturated heterocycles. The van der Waals surface area contributed by atoms with Crippen molar-refractivity contribution in [2.24, 2.45) is 11.5 Å². The summed E-state index contributed by atoms with van der Waals surface area (Å²) in [6.07, 6.45) is 6.91. The van der Waals surface area contributed by atoms with Gasteiger partial charge >= 0.3 is 0 Å². The van der Waals surface area contributed by atoms with Gasteiger partial charge < -0.3 is 32.1 Å². The molecule has 0 radical (unpaired) electrons. The summed E-state index contributed by atoms with van der Waals surface area (Å²) in [5.41, 5.74) is 17.8. The van der Waals surface area contributed by atoms with Crippen LogP contribution in [-0.4, -0.2) is 31.8 Å². The number of amides is 2. The van der Waals surface area contributed by atoms with Crippen LogP contribution in [0.5, 0.6) is 0 Å². The van der Waals surface area contributed by atoms with Crippen molar-refractivity contribution in [2.75, 3.05) is 10.6 Å². The van der Waals surface area contributed by atoms with Crippen LogP contribution >= 0.6 is 0 Å². The summed E-state index contributed by atoms with van der Waals surface area (Å²) in [4.78, 5) is 39.0. The summed E-state index contributed by atoms with van der Waals surface area (Å²) in [6, 6.07) is 21.9. The van der Waals surface area contributed by atoms with Crippen molar-refractivity contribution in [3.8, 4) is 0 Å². The molecule has 6 rings (SSSR count). The van der Waals surface area contributed by atoms with Gasteiger partial charge in [-0.05, 0) is 73.5 Å². The van der Waals surface area contributed by atoms with Gasteiger partial charge in [0.15, 0.2) is 0 Å². The minimum atomic E-state index is -0.153. The molecule has 0 fully saturated rings. The van der Waals surface area contributed by atoms with E-state index >= 15 is 0 Å². The summed E-state index contributed by atoms with van der Waals surface area (Å²) < 4.78 is 0. The highest BCUT2D eigenvalue weighted by molar-refractivity contribution is 6.09. The fourth-order valence-corrected chi connectivity index (χ4v) is 4.40. The normalized spacial score (nSPS) is 12.3. The van der Waals surface area contributed by atoms with Gasteiger partial charge in [0.1, 0.15) is 11.3 Å². The molecule has 10 heteroatoms. The minimum absolute atomic E-state index is 0.0400. The molecule has 6 aromatic rings. The van der Waals surface area contributed by atoms with Crippen LogP contribution in [0, 0.1) is 0 Å². The van der Waals surface area contributed by atoms with E-state index in [0.717, 1.165) is 44.6 Å². The molecule has 42 heavy (non-hydrogen) atoms. The Labute approximate surface area is 242 Å². The van der Waals surface area contributed by atoms with E-state index in [4.69, 9.17) is 11.5 Å². The first-order chi connectivity index (χ1) is 20.3. The van der Waals surface area contributed by atoms with E-state index in [0.29, 0.717) is 11.1 Å². The number of nitrogens with one attached hydrogen (secondary N) is 4. The van der Waals surface area contributed by atoms with Gasteiger partial charge in [0.05, 0.1) is 11.4 Å². The highest BCUT2D eigenvalue weighted by Gasteiger charge is 2.11. The molecule has 4 heterocycles. The number of benzene rings is 2. The maximum atomic E-state index is 12.3. The van der Waals surface area contributed by atoms with Crippen molar-refractivity contribution in [1.29, 1.82) is 0 Å².